The molecule has 0 amide bonds. The van der Waals surface area contributed by atoms with Gasteiger partial charge in [-0.15, -0.1) is 0 Å². The molecule has 0 N–H and O–H groups in total. The molecule has 74 valence electrons. The molecule has 0 aliphatic heterocycles. The summed E-state index contributed by atoms with van der Waals surface area (Å²) in [5.74, 6) is 0.475. The first-order chi connectivity index (χ1) is 7.29. The first kappa shape index (κ1) is 9.45. The van der Waals surface area contributed by atoms with Crippen molar-refractivity contribution in [2.75, 3.05) is 0 Å². The van der Waals surface area contributed by atoms with E-state index in [-0.39, 0.29) is 0 Å². The van der Waals surface area contributed by atoms with E-state index < -0.39 is 0 Å². The van der Waals surface area contributed by atoms with Crippen molar-refractivity contribution in [3.05, 3.63) is 41.9 Å². The summed E-state index contributed by atoms with van der Waals surface area (Å²) in [5.41, 5.74) is 1.94. The van der Waals surface area contributed by atoms with E-state index >= 15 is 0 Å². The van der Waals surface area contributed by atoms with Crippen LogP contribution >= 0.6 is 0 Å². The van der Waals surface area contributed by atoms with E-state index in [0.29, 0.717) is 23.5 Å². The summed E-state index contributed by atoms with van der Waals surface area (Å²) in [7, 11) is 0. The van der Waals surface area contributed by atoms with Gasteiger partial charge >= 0.3 is 0 Å². The summed E-state index contributed by atoms with van der Waals surface area (Å²) in [6.07, 6.45) is 2.25. The van der Waals surface area contributed by atoms with Gasteiger partial charge in [0, 0.05) is 11.9 Å². The first-order valence-corrected chi connectivity index (χ1v) is 4.52. The number of aldehydes is 1. The fourth-order valence-electron chi connectivity index (χ4n) is 1.23. The SMILES string of the molecule is Cc1cccc(-c2nccc(C=O)n2)n1. The Morgan fingerprint density at radius 2 is 2.07 bits per heavy atom. The molecule has 0 unspecified atom stereocenters. The standard InChI is InChI=1S/C11H9N3O/c1-8-3-2-4-10(13-8)11-12-6-5-9(7-15)14-11/h2-7H,1H3. The number of aromatic nitrogens is 3. The summed E-state index contributed by atoms with van der Waals surface area (Å²) in [4.78, 5) is 23.0. The van der Waals surface area contributed by atoms with Crippen LogP contribution in [-0.2, 0) is 0 Å². The van der Waals surface area contributed by atoms with Gasteiger partial charge in [-0.05, 0) is 25.1 Å². The predicted molar refractivity (Wildman–Crippen MR) is 55.4 cm³/mol. The van der Waals surface area contributed by atoms with Crippen molar-refractivity contribution in [1.29, 1.82) is 0 Å². The van der Waals surface area contributed by atoms with E-state index in [1.807, 2.05) is 25.1 Å². The van der Waals surface area contributed by atoms with Gasteiger partial charge in [-0.25, -0.2) is 15.0 Å². The van der Waals surface area contributed by atoms with Gasteiger partial charge in [0.15, 0.2) is 12.1 Å². The van der Waals surface area contributed by atoms with Crippen molar-refractivity contribution < 1.29 is 4.79 Å². The molecule has 15 heavy (non-hydrogen) atoms. The van der Waals surface area contributed by atoms with E-state index in [9.17, 15) is 4.79 Å². The topological polar surface area (TPSA) is 55.7 Å². The maximum Gasteiger partial charge on any atom is 0.178 e. The van der Waals surface area contributed by atoms with Gasteiger partial charge in [0.05, 0.1) is 0 Å². The molecule has 2 heterocycles. The van der Waals surface area contributed by atoms with Crippen LogP contribution in [0.25, 0.3) is 11.5 Å². The van der Waals surface area contributed by atoms with Crippen LogP contribution in [0, 0.1) is 6.92 Å². The fraction of sp³-hybridized carbons (Fsp3) is 0.0909. The monoisotopic (exact) mass is 199 g/mol. The Morgan fingerprint density at radius 3 is 2.80 bits per heavy atom. The van der Waals surface area contributed by atoms with Crippen molar-refractivity contribution in [2.45, 2.75) is 6.92 Å². The second-order valence-corrected chi connectivity index (χ2v) is 3.09. The van der Waals surface area contributed by atoms with Gasteiger partial charge < -0.3 is 0 Å². The predicted octanol–water partition coefficient (Wildman–Crippen LogP) is 1.66. The third-order valence-corrected chi connectivity index (χ3v) is 1.92. The number of pyridine rings is 1. The van der Waals surface area contributed by atoms with Gasteiger partial charge in [-0.3, -0.25) is 4.79 Å². The lowest BCUT2D eigenvalue weighted by Gasteiger charge is -2.00. The summed E-state index contributed by atoms with van der Waals surface area (Å²) in [6.45, 7) is 1.90. The lowest BCUT2D eigenvalue weighted by Crippen LogP contribution is -1.95. The number of rotatable bonds is 2. The Morgan fingerprint density at radius 1 is 1.20 bits per heavy atom. The van der Waals surface area contributed by atoms with Crippen LogP contribution in [0.4, 0.5) is 0 Å². The van der Waals surface area contributed by atoms with E-state index in [1.54, 1.807) is 12.3 Å². The molecule has 2 aromatic heterocycles. The summed E-state index contributed by atoms with van der Waals surface area (Å²) in [5, 5.41) is 0. The summed E-state index contributed by atoms with van der Waals surface area (Å²) >= 11 is 0. The number of hydrogen-bond acceptors (Lipinski definition) is 4. The molecule has 0 saturated carbocycles. The minimum atomic E-state index is 0.364. The van der Waals surface area contributed by atoms with Crippen LogP contribution in [0.5, 0.6) is 0 Å². The van der Waals surface area contributed by atoms with Crippen molar-refractivity contribution >= 4 is 6.29 Å². The van der Waals surface area contributed by atoms with Gasteiger partial charge in [-0.1, -0.05) is 6.07 Å². The van der Waals surface area contributed by atoms with E-state index in [1.165, 1.54) is 0 Å². The molecule has 4 nitrogen and oxygen atoms in total. The Bertz CT molecular complexity index is 497. The molecule has 0 bridgehead atoms. The second kappa shape index (κ2) is 3.96. The molecule has 0 atom stereocenters. The molecule has 0 spiro atoms. The minimum Gasteiger partial charge on any atom is -0.296 e. The minimum absolute atomic E-state index is 0.364. The highest BCUT2D eigenvalue weighted by atomic mass is 16.1. The quantitative estimate of drug-likeness (QED) is 0.690. The molecule has 0 aliphatic rings. The molecule has 0 aromatic carbocycles. The van der Waals surface area contributed by atoms with Gasteiger partial charge in [0.1, 0.15) is 11.4 Å². The normalized spacial score (nSPS) is 9.93. The maximum absolute atomic E-state index is 10.5. The molecule has 0 fully saturated rings. The van der Waals surface area contributed by atoms with Crippen LogP contribution in [-0.4, -0.2) is 21.2 Å². The molecular weight excluding hydrogens is 190 g/mol. The maximum atomic E-state index is 10.5. The Labute approximate surface area is 87.0 Å². The third-order valence-electron chi connectivity index (χ3n) is 1.92. The van der Waals surface area contributed by atoms with Crippen LogP contribution in [0.15, 0.2) is 30.5 Å². The summed E-state index contributed by atoms with van der Waals surface area (Å²) in [6, 6.07) is 7.16. The molecule has 0 saturated heterocycles. The number of aryl methyl sites for hydroxylation is 1. The molecule has 0 aliphatic carbocycles. The molecule has 4 heteroatoms. The molecule has 0 radical (unpaired) electrons. The van der Waals surface area contributed by atoms with Gasteiger partial charge in [0.25, 0.3) is 0 Å². The largest absolute Gasteiger partial charge is 0.296 e. The zero-order chi connectivity index (χ0) is 10.7. The molecule has 2 rings (SSSR count). The highest BCUT2D eigenvalue weighted by molar-refractivity contribution is 5.72. The van der Waals surface area contributed by atoms with Gasteiger partial charge in [-0.2, -0.15) is 0 Å². The highest BCUT2D eigenvalue weighted by Gasteiger charge is 2.03. The Balaban J connectivity index is 2.49. The number of carbonyl (C=O) groups excluding carboxylic acids is 1. The lowest BCUT2D eigenvalue weighted by molar-refractivity contribution is 0.111. The smallest absolute Gasteiger partial charge is 0.178 e. The molecule has 2 aromatic rings. The fourth-order valence-corrected chi connectivity index (χ4v) is 1.23. The van der Waals surface area contributed by atoms with Crippen molar-refractivity contribution in [3.63, 3.8) is 0 Å². The Kier molecular flexibility index (Phi) is 2.49. The van der Waals surface area contributed by atoms with Crippen LogP contribution in [0.1, 0.15) is 16.2 Å². The number of nitrogens with zero attached hydrogens (tertiary/aromatic N) is 3. The van der Waals surface area contributed by atoms with Crippen LogP contribution < -0.4 is 0 Å². The molecular formula is C11H9N3O. The van der Waals surface area contributed by atoms with Crippen molar-refractivity contribution in [2.24, 2.45) is 0 Å². The third kappa shape index (κ3) is 2.04. The second-order valence-electron chi connectivity index (χ2n) is 3.09. The summed E-state index contributed by atoms with van der Waals surface area (Å²) < 4.78 is 0. The van der Waals surface area contributed by atoms with Crippen molar-refractivity contribution in [1.82, 2.24) is 15.0 Å². The van der Waals surface area contributed by atoms with Crippen LogP contribution in [0.3, 0.4) is 0 Å². The number of carbonyl (C=O) groups is 1. The van der Waals surface area contributed by atoms with Crippen LogP contribution in [0.2, 0.25) is 0 Å². The lowest BCUT2D eigenvalue weighted by atomic mass is 10.3. The van der Waals surface area contributed by atoms with E-state index in [0.717, 1.165) is 5.69 Å². The average Bonchev–Trinajstić information content (AvgIpc) is 2.29. The average molecular weight is 199 g/mol. The number of hydrogen-bond donors (Lipinski definition) is 0. The zero-order valence-corrected chi connectivity index (χ0v) is 8.21. The van der Waals surface area contributed by atoms with Gasteiger partial charge in [0.2, 0.25) is 0 Å². The zero-order valence-electron chi connectivity index (χ0n) is 8.21. The first-order valence-electron chi connectivity index (χ1n) is 4.52. The Hall–Kier alpha value is -2.10. The highest BCUT2D eigenvalue weighted by Crippen LogP contribution is 2.11. The van der Waals surface area contributed by atoms with E-state index in [2.05, 4.69) is 15.0 Å². The van der Waals surface area contributed by atoms with E-state index in [4.69, 9.17) is 0 Å². The van der Waals surface area contributed by atoms with Crippen molar-refractivity contribution in [3.8, 4) is 11.5 Å².